The van der Waals surface area contributed by atoms with Crippen LogP contribution in [0.5, 0.6) is 0 Å². The van der Waals surface area contributed by atoms with Crippen LogP contribution in [0.25, 0.3) is 0 Å². The minimum atomic E-state index is 0.382. The molecule has 2 atom stereocenters. The SMILES string of the molecule is CN(CC12CC3CC(CC(C3)C1)C2)C(=O)C1CC2CC2C1. The van der Waals surface area contributed by atoms with E-state index in [1.807, 2.05) is 0 Å². The molecule has 0 heterocycles. The lowest BCUT2D eigenvalue weighted by Crippen LogP contribution is -2.52. The summed E-state index contributed by atoms with van der Waals surface area (Å²) >= 11 is 0. The largest absolute Gasteiger partial charge is 0.345 e. The second-order valence-electron chi connectivity index (χ2n) is 9.54. The third-order valence-corrected chi connectivity index (χ3v) is 7.71. The van der Waals surface area contributed by atoms with Gasteiger partial charge >= 0.3 is 0 Å². The molecule has 1 amide bonds. The Balaban J connectivity index is 1.27. The fourth-order valence-electron chi connectivity index (χ4n) is 7.29. The van der Waals surface area contributed by atoms with Crippen molar-refractivity contribution in [1.29, 1.82) is 0 Å². The Morgan fingerprint density at radius 3 is 1.95 bits per heavy atom. The number of hydrogen-bond donors (Lipinski definition) is 0. The molecule has 0 aromatic carbocycles. The first-order valence-electron chi connectivity index (χ1n) is 9.35. The van der Waals surface area contributed by atoms with Crippen LogP contribution >= 0.6 is 0 Å². The van der Waals surface area contributed by atoms with Gasteiger partial charge in [0, 0.05) is 19.5 Å². The topological polar surface area (TPSA) is 20.3 Å². The number of amides is 1. The number of carbonyl (C=O) groups excluding carboxylic acids is 1. The molecule has 0 aromatic heterocycles. The van der Waals surface area contributed by atoms with E-state index in [1.54, 1.807) is 0 Å². The van der Waals surface area contributed by atoms with Gasteiger partial charge in [-0.2, -0.15) is 0 Å². The number of hydrogen-bond acceptors (Lipinski definition) is 1. The standard InChI is InChI=1S/C19H29NO/c1-20(18(21)17-6-15-5-16(15)7-17)11-19-8-12-2-13(9-19)4-14(3-12)10-19/h12-17H,2-11H2,1H3. The van der Waals surface area contributed by atoms with Crippen LogP contribution in [0.1, 0.15) is 57.8 Å². The maximum absolute atomic E-state index is 12.8. The molecule has 0 aliphatic heterocycles. The molecule has 0 radical (unpaired) electrons. The highest BCUT2D eigenvalue weighted by molar-refractivity contribution is 5.79. The quantitative estimate of drug-likeness (QED) is 0.775. The highest BCUT2D eigenvalue weighted by Gasteiger charge is 2.52. The van der Waals surface area contributed by atoms with Crippen molar-refractivity contribution in [2.75, 3.05) is 13.6 Å². The van der Waals surface area contributed by atoms with Gasteiger partial charge in [-0.15, -0.1) is 0 Å². The molecule has 6 aliphatic rings. The van der Waals surface area contributed by atoms with Crippen LogP contribution in [0, 0.1) is 40.9 Å². The zero-order valence-corrected chi connectivity index (χ0v) is 13.4. The first-order chi connectivity index (χ1) is 10.1. The van der Waals surface area contributed by atoms with Crippen LogP contribution < -0.4 is 0 Å². The predicted molar refractivity (Wildman–Crippen MR) is 82.6 cm³/mol. The fraction of sp³-hybridized carbons (Fsp3) is 0.947. The summed E-state index contributed by atoms with van der Waals surface area (Å²) in [5, 5.41) is 0. The van der Waals surface area contributed by atoms with E-state index in [2.05, 4.69) is 11.9 Å². The monoisotopic (exact) mass is 287 g/mol. The molecule has 6 aliphatic carbocycles. The minimum Gasteiger partial charge on any atom is -0.345 e. The minimum absolute atomic E-state index is 0.382. The van der Waals surface area contributed by atoms with Gasteiger partial charge in [0.15, 0.2) is 0 Å². The summed E-state index contributed by atoms with van der Waals surface area (Å²) in [4.78, 5) is 14.9. The van der Waals surface area contributed by atoms with Gasteiger partial charge in [0.1, 0.15) is 0 Å². The second-order valence-corrected chi connectivity index (χ2v) is 9.54. The Kier molecular flexibility index (Phi) is 2.63. The molecule has 6 saturated carbocycles. The lowest BCUT2D eigenvalue weighted by Gasteiger charge is -2.57. The van der Waals surface area contributed by atoms with Crippen LogP contribution in [0.4, 0.5) is 0 Å². The van der Waals surface area contributed by atoms with Crippen LogP contribution in [-0.4, -0.2) is 24.4 Å². The summed E-state index contributed by atoms with van der Waals surface area (Å²) in [5.74, 6) is 5.71. The van der Waals surface area contributed by atoms with E-state index in [9.17, 15) is 4.79 Å². The third-order valence-electron chi connectivity index (χ3n) is 7.71. The zero-order chi connectivity index (χ0) is 14.2. The molecule has 6 fully saturated rings. The molecule has 2 heteroatoms. The lowest BCUT2D eigenvalue weighted by atomic mass is 9.49. The smallest absolute Gasteiger partial charge is 0.225 e. The van der Waals surface area contributed by atoms with Crippen LogP contribution in [-0.2, 0) is 4.79 Å². The molecule has 2 unspecified atom stereocenters. The summed E-state index contributed by atoms with van der Waals surface area (Å²) in [5.41, 5.74) is 0.515. The molecule has 2 nitrogen and oxygen atoms in total. The van der Waals surface area contributed by atoms with Crippen molar-refractivity contribution in [3.8, 4) is 0 Å². The highest BCUT2D eigenvalue weighted by Crippen LogP contribution is 2.60. The summed E-state index contributed by atoms with van der Waals surface area (Å²) in [6.45, 7) is 1.07. The Morgan fingerprint density at radius 2 is 1.43 bits per heavy atom. The van der Waals surface area contributed by atoms with E-state index >= 15 is 0 Å². The van der Waals surface area contributed by atoms with E-state index in [4.69, 9.17) is 0 Å². The van der Waals surface area contributed by atoms with Gasteiger partial charge < -0.3 is 4.90 Å². The summed E-state index contributed by atoms with van der Waals surface area (Å²) in [6, 6.07) is 0. The molecule has 4 bridgehead atoms. The van der Waals surface area contributed by atoms with E-state index < -0.39 is 0 Å². The van der Waals surface area contributed by atoms with E-state index in [0.717, 1.165) is 36.1 Å². The van der Waals surface area contributed by atoms with Gasteiger partial charge in [-0.1, -0.05) is 0 Å². The normalized spacial score (nSPS) is 52.8. The van der Waals surface area contributed by atoms with Crippen molar-refractivity contribution in [2.24, 2.45) is 40.9 Å². The Hall–Kier alpha value is -0.530. The van der Waals surface area contributed by atoms with E-state index in [-0.39, 0.29) is 0 Å². The molecular formula is C19H29NO. The zero-order valence-electron chi connectivity index (χ0n) is 13.4. The number of nitrogens with zero attached hydrogens (tertiary/aromatic N) is 1. The summed E-state index contributed by atoms with van der Waals surface area (Å²) in [6.07, 6.45) is 12.6. The first kappa shape index (κ1) is 13.0. The van der Waals surface area contributed by atoms with Crippen LogP contribution in [0.2, 0.25) is 0 Å². The lowest BCUT2D eigenvalue weighted by molar-refractivity contribution is -0.139. The van der Waals surface area contributed by atoms with Crippen molar-refractivity contribution in [3.05, 3.63) is 0 Å². The van der Waals surface area contributed by atoms with Gasteiger partial charge in [-0.3, -0.25) is 4.79 Å². The number of carbonyl (C=O) groups is 1. The van der Waals surface area contributed by atoms with Crippen LogP contribution in [0.3, 0.4) is 0 Å². The first-order valence-corrected chi connectivity index (χ1v) is 9.35. The van der Waals surface area contributed by atoms with Crippen LogP contribution in [0.15, 0.2) is 0 Å². The molecule has 116 valence electrons. The van der Waals surface area contributed by atoms with Crippen molar-refractivity contribution in [2.45, 2.75) is 57.8 Å². The van der Waals surface area contributed by atoms with Gasteiger partial charge in [0.05, 0.1) is 0 Å². The molecule has 0 N–H and O–H groups in total. The molecule has 21 heavy (non-hydrogen) atoms. The third kappa shape index (κ3) is 2.08. The number of rotatable bonds is 3. The van der Waals surface area contributed by atoms with Gasteiger partial charge in [-0.05, 0) is 92.8 Å². The molecule has 0 aromatic rings. The summed E-state index contributed by atoms with van der Waals surface area (Å²) < 4.78 is 0. The molecule has 6 rings (SSSR count). The average Bonchev–Trinajstić information content (AvgIpc) is 3.02. The second kappa shape index (κ2) is 4.26. The van der Waals surface area contributed by atoms with Crippen molar-refractivity contribution >= 4 is 5.91 Å². The van der Waals surface area contributed by atoms with Crippen molar-refractivity contribution < 1.29 is 4.79 Å². The molecule has 0 saturated heterocycles. The van der Waals surface area contributed by atoms with Crippen molar-refractivity contribution in [1.82, 2.24) is 4.90 Å². The predicted octanol–water partition coefficient (Wildman–Crippen LogP) is 3.71. The highest BCUT2D eigenvalue weighted by atomic mass is 16.2. The fourth-order valence-corrected chi connectivity index (χ4v) is 7.29. The maximum atomic E-state index is 12.8. The van der Waals surface area contributed by atoms with Gasteiger partial charge in [0.2, 0.25) is 5.91 Å². The Bertz CT molecular complexity index is 425. The van der Waals surface area contributed by atoms with E-state index in [1.165, 1.54) is 57.8 Å². The van der Waals surface area contributed by atoms with Gasteiger partial charge in [-0.25, -0.2) is 0 Å². The van der Waals surface area contributed by atoms with Gasteiger partial charge in [0.25, 0.3) is 0 Å². The molecule has 0 spiro atoms. The molecular weight excluding hydrogens is 258 g/mol. The van der Waals surface area contributed by atoms with E-state index in [0.29, 0.717) is 17.2 Å². The Labute approximate surface area is 128 Å². The van der Waals surface area contributed by atoms with Crippen molar-refractivity contribution in [3.63, 3.8) is 0 Å². The maximum Gasteiger partial charge on any atom is 0.225 e. The Morgan fingerprint density at radius 1 is 0.905 bits per heavy atom. The number of fused-ring (bicyclic) bond motifs is 1. The average molecular weight is 287 g/mol. The summed E-state index contributed by atoms with van der Waals surface area (Å²) in [7, 11) is 2.10.